The summed E-state index contributed by atoms with van der Waals surface area (Å²) in [4.78, 5) is 28.8. The van der Waals surface area contributed by atoms with Crippen molar-refractivity contribution in [3.63, 3.8) is 0 Å². The molecule has 3 heterocycles. The van der Waals surface area contributed by atoms with Crippen LogP contribution in [0.3, 0.4) is 0 Å². The van der Waals surface area contributed by atoms with E-state index in [0.717, 1.165) is 48.8 Å². The first kappa shape index (κ1) is 19.4. The molecule has 0 aromatic carbocycles. The van der Waals surface area contributed by atoms with Crippen LogP contribution >= 0.6 is 11.3 Å². The smallest absolute Gasteiger partial charge is 0.261 e. The zero-order valence-electron chi connectivity index (χ0n) is 15.9. The lowest BCUT2D eigenvalue weighted by atomic mass is 9.84. The van der Waals surface area contributed by atoms with Crippen LogP contribution in [-0.2, 0) is 4.79 Å². The van der Waals surface area contributed by atoms with E-state index < -0.39 is 0 Å². The molecule has 6 heteroatoms. The second-order valence-electron chi connectivity index (χ2n) is 7.81. The Morgan fingerprint density at radius 3 is 2.54 bits per heavy atom. The number of nitrogens with zero attached hydrogens (tertiary/aromatic N) is 1. The van der Waals surface area contributed by atoms with Gasteiger partial charge < -0.3 is 15.5 Å². The fourth-order valence-corrected chi connectivity index (χ4v) is 4.84. The Morgan fingerprint density at radius 1 is 1.23 bits per heavy atom. The molecule has 2 amide bonds. The van der Waals surface area contributed by atoms with Crippen LogP contribution in [0.25, 0.3) is 0 Å². The van der Waals surface area contributed by atoms with Crippen molar-refractivity contribution in [1.82, 2.24) is 15.5 Å². The van der Waals surface area contributed by atoms with Gasteiger partial charge in [-0.2, -0.15) is 0 Å². The lowest BCUT2D eigenvalue weighted by Crippen LogP contribution is -2.47. The number of hydrogen-bond acceptors (Lipinski definition) is 4. The minimum atomic E-state index is 0.0207. The van der Waals surface area contributed by atoms with Gasteiger partial charge in [-0.05, 0) is 69.7 Å². The summed E-state index contributed by atoms with van der Waals surface area (Å²) in [5.41, 5.74) is 0. The van der Waals surface area contributed by atoms with E-state index >= 15 is 0 Å². The molecule has 1 aromatic heterocycles. The second-order valence-corrected chi connectivity index (χ2v) is 9.10. The van der Waals surface area contributed by atoms with Crippen LogP contribution in [0.15, 0.2) is 12.1 Å². The van der Waals surface area contributed by atoms with Gasteiger partial charge in [0, 0.05) is 30.4 Å². The van der Waals surface area contributed by atoms with Crippen molar-refractivity contribution >= 4 is 23.2 Å². The molecule has 2 aliphatic rings. The van der Waals surface area contributed by atoms with Crippen LogP contribution in [0, 0.1) is 18.8 Å². The molecule has 0 saturated carbocycles. The Balaban J connectivity index is 1.41. The van der Waals surface area contributed by atoms with E-state index in [1.54, 1.807) is 0 Å². The predicted octanol–water partition coefficient (Wildman–Crippen LogP) is 2.80. The summed E-state index contributed by atoms with van der Waals surface area (Å²) >= 11 is 1.53. The molecule has 0 spiro atoms. The Kier molecular flexibility index (Phi) is 6.70. The van der Waals surface area contributed by atoms with Crippen LogP contribution in [0.5, 0.6) is 0 Å². The molecule has 0 aliphatic carbocycles. The Bertz CT molecular complexity index is 616. The monoisotopic (exact) mass is 377 g/mol. The zero-order valence-corrected chi connectivity index (χ0v) is 16.7. The number of carbonyl (C=O) groups excluding carboxylic acids is 2. The molecule has 5 nitrogen and oxygen atoms in total. The summed E-state index contributed by atoms with van der Waals surface area (Å²) in [7, 11) is 0. The van der Waals surface area contributed by atoms with E-state index in [-0.39, 0.29) is 17.9 Å². The molecule has 144 valence electrons. The Labute approximate surface area is 160 Å². The minimum absolute atomic E-state index is 0.0207. The number of nitrogens with one attached hydrogen (secondary N) is 2. The third-order valence-electron chi connectivity index (χ3n) is 5.83. The topological polar surface area (TPSA) is 61.4 Å². The first-order chi connectivity index (χ1) is 12.5. The van der Waals surface area contributed by atoms with E-state index in [1.807, 2.05) is 24.0 Å². The molecule has 0 bridgehead atoms. The number of rotatable bonds is 5. The first-order valence-electron chi connectivity index (χ1n) is 9.88. The normalized spacial score (nSPS) is 20.8. The molecule has 1 aromatic rings. The summed E-state index contributed by atoms with van der Waals surface area (Å²) in [6, 6.07) is 4.04. The molecule has 2 aliphatic heterocycles. The van der Waals surface area contributed by atoms with Crippen LogP contribution in [-0.4, -0.2) is 48.9 Å². The minimum Gasteiger partial charge on any atom is -0.348 e. The molecule has 3 rings (SSSR count). The van der Waals surface area contributed by atoms with Crippen molar-refractivity contribution < 1.29 is 9.59 Å². The van der Waals surface area contributed by atoms with Crippen molar-refractivity contribution in [2.75, 3.05) is 26.2 Å². The van der Waals surface area contributed by atoms with Crippen LogP contribution in [0.1, 0.15) is 53.6 Å². The highest BCUT2D eigenvalue weighted by Crippen LogP contribution is 2.25. The quantitative estimate of drug-likeness (QED) is 0.829. The van der Waals surface area contributed by atoms with Crippen molar-refractivity contribution in [3.8, 4) is 0 Å². The van der Waals surface area contributed by atoms with Gasteiger partial charge in [-0.3, -0.25) is 9.59 Å². The standard InChI is InChI=1S/C20H31N3O2S/c1-14(16-5-9-21-10-6-16)13-19(24)23-11-7-17(8-12-23)22-20(25)18-4-3-15(2)26-18/h3-4,14,16-17,21H,5-13H2,1-2H3,(H,22,25). The third kappa shape index (κ3) is 5.07. The van der Waals surface area contributed by atoms with E-state index in [1.165, 1.54) is 24.2 Å². The van der Waals surface area contributed by atoms with Gasteiger partial charge in [0.2, 0.25) is 5.91 Å². The summed E-state index contributed by atoms with van der Waals surface area (Å²) < 4.78 is 0. The highest BCUT2D eigenvalue weighted by molar-refractivity contribution is 7.13. The lowest BCUT2D eigenvalue weighted by molar-refractivity contribution is -0.133. The van der Waals surface area contributed by atoms with Gasteiger partial charge in [-0.15, -0.1) is 11.3 Å². The van der Waals surface area contributed by atoms with Gasteiger partial charge in [0.25, 0.3) is 5.91 Å². The highest BCUT2D eigenvalue weighted by atomic mass is 32.1. The molecule has 26 heavy (non-hydrogen) atoms. The molecular formula is C20H31N3O2S. The Hall–Kier alpha value is -1.40. The molecule has 1 atom stereocenters. The van der Waals surface area contributed by atoms with Crippen molar-refractivity contribution in [2.24, 2.45) is 11.8 Å². The summed E-state index contributed by atoms with van der Waals surface area (Å²) in [5, 5.41) is 6.52. The van der Waals surface area contributed by atoms with E-state index in [4.69, 9.17) is 0 Å². The molecule has 2 fully saturated rings. The van der Waals surface area contributed by atoms with Crippen LogP contribution < -0.4 is 10.6 Å². The van der Waals surface area contributed by atoms with Gasteiger partial charge in [0.1, 0.15) is 0 Å². The first-order valence-corrected chi connectivity index (χ1v) is 10.7. The predicted molar refractivity (Wildman–Crippen MR) is 105 cm³/mol. The average molecular weight is 378 g/mol. The number of piperidine rings is 2. The summed E-state index contributed by atoms with van der Waals surface area (Å²) in [6.45, 7) is 7.91. The van der Waals surface area contributed by atoms with E-state index in [2.05, 4.69) is 17.6 Å². The second kappa shape index (κ2) is 9.00. The molecule has 2 N–H and O–H groups in total. The van der Waals surface area contributed by atoms with E-state index in [0.29, 0.717) is 18.3 Å². The highest BCUT2D eigenvalue weighted by Gasteiger charge is 2.27. The molecular weight excluding hydrogens is 346 g/mol. The van der Waals surface area contributed by atoms with Gasteiger partial charge in [0.05, 0.1) is 4.88 Å². The fraction of sp³-hybridized carbons (Fsp3) is 0.700. The van der Waals surface area contributed by atoms with Crippen molar-refractivity contribution in [3.05, 3.63) is 21.9 Å². The largest absolute Gasteiger partial charge is 0.348 e. The maximum absolute atomic E-state index is 12.6. The number of thiophene rings is 1. The van der Waals surface area contributed by atoms with Gasteiger partial charge >= 0.3 is 0 Å². The fourth-order valence-electron chi connectivity index (χ4n) is 4.07. The third-order valence-corrected chi connectivity index (χ3v) is 6.83. The SMILES string of the molecule is Cc1ccc(C(=O)NC2CCN(C(=O)CC(C)C3CCNCC3)CC2)s1. The van der Waals surface area contributed by atoms with Gasteiger partial charge in [-0.1, -0.05) is 6.92 Å². The molecule has 1 unspecified atom stereocenters. The van der Waals surface area contributed by atoms with Gasteiger partial charge in [0.15, 0.2) is 0 Å². The average Bonchev–Trinajstić information content (AvgIpc) is 3.09. The Morgan fingerprint density at radius 2 is 1.92 bits per heavy atom. The zero-order chi connectivity index (χ0) is 18.5. The number of amides is 2. The summed E-state index contributed by atoms with van der Waals surface area (Å²) in [5.74, 6) is 1.44. The number of carbonyl (C=O) groups is 2. The van der Waals surface area contributed by atoms with E-state index in [9.17, 15) is 9.59 Å². The van der Waals surface area contributed by atoms with Crippen LogP contribution in [0.2, 0.25) is 0 Å². The van der Waals surface area contributed by atoms with Gasteiger partial charge in [-0.25, -0.2) is 0 Å². The molecule has 2 saturated heterocycles. The van der Waals surface area contributed by atoms with Crippen LogP contribution in [0.4, 0.5) is 0 Å². The number of hydrogen-bond donors (Lipinski definition) is 2. The van der Waals surface area contributed by atoms with Crippen molar-refractivity contribution in [2.45, 2.75) is 52.0 Å². The maximum Gasteiger partial charge on any atom is 0.261 e. The number of likely N-dealkylation sites (tertiary alicyclic amines) is 1. The maximum atomic E-state index is 12.6. The number of aryl methyl sites for hydroxylation is 1. The lowest BCUT2D eigenvalue weighted by Gasteiger charge is -2.34. The molecule has 0 radical (unpaired) electrons. The summed E-state index contributed by atoms with van der Waals surface area (Å²) in [6.07, 6.45) is 4.73. The van der Waals surface area contributed by atoms with Crippen molar-refractivity contribution in [1.29, 1.82) is 0 Å².